The first-order valence-corrected chi connectivity index (χ1v) is 10.4. The van der Waals surface area contributed by atoms with Gasteiger partial charge >= 0.3 is 0 Å². The van der Waals surface area contributed by atoms with E-state index in [2.05, 4.69) is 12.2 Å². The molecule has 154 valence electrons. The van der Waals surface area contributed by atoms with Crippen LogP contribution >= 0.6 is 0 Å². The van der Waals surface area contributed by atoms with E-state index in [1.807, 2.05) is 41.3 Å². The van der Waals surface area contributed by atoms with E-state index in [1.54, 1.807) is 22.9 Å². The van der Waals surface area contributed by atoms with Gasteiger partial charge in [0, 0.05) is 35.9 Å². The maximum absolute atomic E-state index is 12.9. The highest BCUT2D eigenvalue weighted by molar-refractivity contribution is 6.48. The highest BCUT2D eigenvalue weighted by Crippen LogP contribution is 2.23. The SMILES string of the molecule is CCc1ccc(NC(=O)C(=O)c2cn(CC(=O)N3CCCC3)c3ccccc23)cc1. The van der Waals surface area contributed by atoms with Crippen molar-refractivity contribution in [3.8, 4) is 0 Å². The fourth-order valence-corrected chi connectivity index (χ4v) is 3.90. The number of rotatable bonds is 6. The first-order chi connectivity index (χ1) is 14.6. The van der Waals surface area contributed by atoms with Crippen LogP contribution in [0.3, 0.4) is 0 Å². The zero-order valence-electron chi connectivity index (χ0n) is 17.1. The van der Waals surface area contributed by atoms with Crippen molar-refractivity contribution in [2.45, 2.75) is 32.7 Å². The van der Waals surface area contributed by atoms with E-state index in [-0.39, 0.29) is 12.5 Å². The van der Waals surface area contributed by atoms with Gasteiger partial charge in [0.05, 0.1) is 5.56 Å². The van der Waals surface area contributed by atoms with E-state index >= 15 is 0 Å². The third kappa shape index (κ3) is 3.99. The second-order valence-corrected chi connectivity index (χ2v) is 7.61. The lowest BCUT2D eigenvalue weighted by Crippen LogP contribution is -2.30. The second-order valence-electron chi connectivity index (χ2n) is 7.61. The molecule has 1 aliphatic rings. The molecule has 1 aliphatic heterocycles. The summed E-state index contributed by atoms with van der Waals surface area (Å²) in [5.74, 6) is -1.26. The standard InChI is InChI=1S/C24H25N3O3/c1-2-17-9-11-18(12-10-17)25-24(30)23(29)20-15-27(21-8-4-3-7-19(20)21)16-22(28)26-13-5-6-14-26/h3-4,7-12,15H,2,5-6,13-14,16H2,1H3,(H,25,30). The smallest absolute Gasteiger partial charge is 0.296 e. The van der Waals surface area contributed by atoms with Crippen LogP contribution in [0, 0.1) is 0 Å². The van der Waals surface area contributed by atoms with Crippen LogP contribution in [-0.2, 0) is 22.6 Å². The lowest BCUT2D eigenvalue weighted by molar-refractivity contribution is -0.130. The number of anilines is 1. The quantitative estimate of drug-likeness (QED) is 0.504. The first-order valence-electron chi connectivity index (χ1n) is 10.4. The average Bonchev–Trinajstić information content (AvgIpc) is 3.43. The number of amides is 2. The van der Waals surface area contributed by atoms with Crippen LogP contribution in [-0.4, -0.2) is 40.2 Å². The molecule has 0 spiro atoms. The number of hydrogen-bond donors (Lipinski definition) is 1. The molecule has 1 N–H and O–H groups in total. The van der Waals surface area contributed by atoms with E-state index in [9.17, 15) is 14.4 Å². The maximum Gasteiger partial charge on any atom is 0.296 e. The lowest BCUT2D eigenvalue weighted by atomic mass is 10.1. The summed E-state index contributed by atoms with van der Waals surface area (Å²) in [6.45, 7) is 3.78. The third-order valence-corrected chi connectivity index (χ3v) is 5.62. The summed E-state index contributed by atoms with van der Waals surface area (Å²) in [7, 11) is 0. The number of aromatic nitrogens is 1. The topological polar surface area (TPSA) is 71.4 Å². The number of ketones is 1. The lowest BCUT2D eigenvalue weighted by Gasteiger charge is -2.15. The van der Waals surface area contributed by atoms with Crippen LogP contribution in [0.25, 0.3) is 10.9 Å². The molecule has 1 aromatic heterocycles. The van der Waals surface area contributed by atoms with Crippen molar-refractivity contribution in [3.05, 3.63) is 65.9 Å². The third-order valence-electron chi connectivity index (χ3n) is 5.62. The minimum Gasteiger partial charge on any atom is -0.341 e. The number of hydrogen-bond acceptors (Lipinski definition) is 3. The highest BCUT2D eigenvalue weighted by Gasteiger charge is 2.24. The largest absolute Gasteiger partial charge is 0.341 e. The molecule has 4 rings (SSSR count). The van der Waals surface area contributed by atoms with E-state index in [0.29, 0.717) is 16.6 Å². The average molecular weight is 403 g/mol. The Morgan fingerprint density at radius 1 is 0.967 bits per heavy atom. The number of carbonyl (C=O) groups excluding carboxylic acids is 3. The van der Waals surface area contributed by atoms with Crippen molar-refractivity contribution in [1.82, 2.24) is 9.47 Å². The molecule has 3 aromatic rings. The molecule has 0 atom stereocenters. The number of likely N-dealkylation sites (tertiary alicyclic amines) is 1. The maximum atomic E-state index is 12.9. The fraction of sp³-hybridized carbons (Fsp3) is 0.292. The number of para-hydroxylation sites is 1. The van der Waals surface area contributed by atoms with Crippen LogP contribution in [0.4, 0.5) is 5.69 Å². The minimum absolute atomic E-state index is 0.0349. The summed E-state index contributed by atoms with van der Waals surface area (Å²) >= 11 is 0. The molecule has 0 saturated carbocycles. The van der Waals surface area contributed by atoms with Gasteiger partial charge in [0.15, 0.2) is 0 Å². The van der Waals surface area contributed by atoms with Crippen LogP contribution in [0.1, 0.15) is 35.7 Å². The predicted molar refractivity (Wildman–Crippen MR) is 117 cm³/mol. The Kier molecular flexibility index (Phi) is 5.65. The van der Waals surface area contributed by atoms with Crippen LogP contribution in [0.2, 0.25) is 0 Å². The predicted octanol–water partition coefficient (Wildman–Crippen LogP) is 3.65. The van der Waals surface area contributed by atoms with Gasteiger partial charge in [-0.2, -0.15) is 0 Å². The van der Waals surface area contributed by atoms with Gasteiger partial charge in [-0.15, -0.1) is 0 Å². The molecule has 2 aromatic carbocycles. The molecule has 0 unspecified atom stereocenters. The number of carbonyl (C=O) groups is 3. The van der Waals surface area contributed by atoms with E-state index in [1.165, 1.54) is 0 Å². The fourth-order valence-electron chi connectivity index (χ4n) is 3.90. The highest BCUT2D eigenvalue weighted by atomic mass is 16.2. The number of nitrogens with one attached hydrogen (secondary N) is 1. The van der Waals surface area contributed by atoms with Gasteiger partial charge in [-0.05, 0) is 43.0 Å². The molecule has 30 heavy (non-hydrogen) atoms. The molecule has 0 aliphatic carbocycles. The summed E-state index contributed by atoms with van der Waals surface area (Å²) in [4.78, 5) is 40.0. The van der Waals surface area contributed by atoms with Crippen LogP contribution < -0.4 is 5.32 Å². The van der Waals surface area contributed by atoms with E-state index in [0.717, 1.165) is 43.4 Å². The van der Waals surface area contributed by atoms with Crippen molar-refractivity contribution >= 4 is 34.2 Å². The molecular weight excluding hydrogens is 378 g/mol. The molecular formula is C24H25N3O3. The van der Waals surface area contributed by atoms with Gasteiger partial charge in [0.1, 0.15) is 6.54 Å². The summed E-state index contributed by atoms with van der Waals surface area (Å²) in [6.07, 6.45) is 4.59. The monoisotopic (exact) mass is 403 g/mol. The van der Waals surface area contributed by atoms with Crippen molar-refractivity contribution in [2.75, 3.05) is 18.4 Å². The van der Waals surface area contributed by atoms with Crippen LogP contribution in [0.15, 0.2) is 54.7 Å². The Hall–Kier alpha value is -3.41. The van der Waals surface area contributed by atoms with Gasteiger partial charge < -0.3 is 14.8 Å². The van der Waals surface area contributed by atoms with Crippen molar-refractivity contribution in [2.24, 2.45) is 0 Å². The van der Waals surface area contributed by atoms with Gasteiger partial charge in [-0.3, -0.25) is 14.4 Å². The van der Waals surface area contributed by atoms with Gasteiger partial charge in [-0.1, -0.05) is 37.3 Å². The van der Waals surface area contributed by atoms with Crippen molar-refractivity contribution < 1.29 is 14.4 Å². The summed E-state index contributed by atoms with van der Waals surface area (Å²) in [5.41, 5.74) is 2.82. The number of nitrogens with zero attached hydrogens (tertiary/aromatic N) is 2. The summed E-state index contributed by atoms with van der Waals surface area (Å²) < 4.78 is 1.77. The molecule has 6 nitrogen and oxygen atoms in total. The molecule has 6 heteroatoms. The molecule has 2 amide bonds. The molecule has 0 bridgehead atoms. The van der Waals surface area contributed by atoms with E-state index < -0.39 is 11.7 Å². The molecule has 0 radical (unpaired) electrons. The summed E-state index contributed by atoms with van der Waals surface area (Å²) in [6, 6.07) is 14.8. The Balaban J connectivity index is 1.57. The minimum atomic E-state index is -0.687. The second kappa shape index (κ2) is 8.53. The molecule has 1 saturated heterocycles. The number of benzene rings is 2. The number of aryl methyl sites for hydroxylation is 1. The Labute approximate surface area is 175 Å². The zero-order valence-corrected chi connectivity index (χ0v) is 17.1. The number of fused-ring (bicyclic) bond motifs is 1. The van der Waals surface area contributed by atoms with E-state index in [4.69, 9.17) is 0 Å². The van der Waals surface area contributed by atoms with Gasteiger partial charge in [0.25, 0.3) is 11.7 Å². The normalized spacial score (nSPS) is 13.6. The van der Waals surface area contributed by atoms with Gasteiger partial charge in [0.2, 0.25) is 5.91 Å². The molecule has 2 heterocycles. The van der Waals surface area contributed by atoms with Gasteiger partial charge in [-0.25, -0.2) is 0 Å². The van der Waals surface area contributed by atoms with Crippen molar-refractivity contribution in [1.29, 1.82) is 0 Å². The molecule has 1 fully saturated rings. The zero-order chi connectivity index (χ0) is 21.1. The van der Waals surface area contributed by atoms with Crippen molar-refractivity contribution in [3.63, 3.8) is 0 Å². The first kappa shape index (κ1) is 19.9. The number of Topliss-reactive ketones (excluding diaryl/α,β-unsaturated/α-hetero) is 1. The Morgan fingerprint density at radius 3 is 2.37 bits per heavy atom. The van der Waals surface area contributed by atoms with Crippen LogP contribution in [0.5, 0.6) is 0 Å². The Bertz CT molecular complexity index is 1090. The Morgan fingerprint density at radius 2 is 1.67 bits per heavy atom. The summed E-state index contributed by atoms with van der Waals surface area (Å²) in [5, 5.41) is 3.35.